The van der Waals surface area contributed by atoms with Gasteiger partial charge in [0.05, 0.1) is 6.10 Å². The number of hydrogen-bond acceptors (Lipinski definition) is 2. The summed E-state index contributed by atoms with van der Waals surface area (Å²) in [6, 6.07) is 4.09. The molecule has 0 amide bonds. The molecule has 0 atom stereocenters. The molecule has 0 unspecified atom stereocenters. The van der Waals surface area contributed by atoms with Crippen LogP contribution in [0.3, 0.4) is 0 Å². The summed E-state index contributed by atoms with van der Waals surface area (Å²) in [7, 11) is 4.30. The van der Waals surface area contributed by atoms with Gasteiger partial charge in [0, 0.05) is 11.6 Å². The summed E-state index contributed by atoms with van der Waals surface area (Å²) in [6.07, 6.45) is 7.80. The molecule has 0 N–H and O–H groups in total. The first-order valence-electron chi connectivity index (χ1n) is 7.78. The van der Waals surface area contributed by atoms with Gasteiger partial charge in [-0.25, -0.2) is 4.39 Å². The van der Waals surface area contributed by atoms with Crippen LogP contribution in [0.25, 0.3) is 0 Å². The fraction of sp³-hybridized carbons (Fsp3) is 0.647. The van der Waals surface area contributed by atoms with Gasteiger partial charge in [-0.3, -0.25) is 0 Å². The highest BCUT2D eigenvalue weighted by Crippen LogP contribution is 2.35. The van der Waals surface area contributed by atoms with Crippen LogP contribution in [0.2, 0.25) is 0 Å². The van der Waals surface area contributed by atoms with Gasteiger partial charge >= 0.3 is 0 Å². The average Bonchev–Trinajstić information content (AvgIpc) is 2.93. The van der Waals surface area contributed by atoms with Crippen molar-refractivity contribution in [3.05, 3.63) is 29.1 Å². The molecule has 0 bridgehead atoms. The van der Waals surface area contributed by atoms with Crippen molar-refractivity contribution < 1.29 is 9.13 Å². The number of halogens is 1. The molecule has 110 valence electrons. The maximum atomic E-state index is 13.7. The standard InChI is InChI=1S/C17H24FNO/c1-19(2)12-6-8-13(9-7-12)20-17-11-10-16(18)14-4-3-5-15(14)17/h10-13H,3-9H2,1-2H3. The van der Waals surface area contributed by atoms with Gasteiger partial charge in [0.15, 0.2) is 0 Å². The van der Waals surface area contributed by atoms with Crippen LogP contribution < -0.4 is 4.74 Å². The second-order valence-corrected chi connectivity index (χ2v) is 6.37. The van der Waals surface area contributed by atoms with Crippen molar-refractivity contribution in [2.24, 2.45) is 0 Å². The zero-order chi connectivity index (χ0) is 14.1. The van der Waals surface area contributed by atoms with E-state index >= 15 is 0 Å². The monoisotopic (exact) mass is 277 g/mol. The Morgan fingerprint density at radius 3 is 2.45 bits per heavy atom. The maximum absolute atomic E-state index is 13.7. The van der Waals surface area contributed by atoms with E-state index in [1.54, 1.807) is 6.07 Å². The van der Waals surface area contributed by atoms with Gasteiger partial charge in [-0.05, 0) is 76.7 Å². The molecule has 0 heterocycles. The summed E-state index contributed by atoms with van der Waals surface area (Å²) in [5.41, 5.74) is 2.02. The fourth-order valence-corrected chi connectivity index (χ4v) is 3.60. The molecule has 3 heteroatoms. The Hall–Kier alpha value is -1.09. The van der Waals surface area contributed by atoms with E-state index < -0.39 is 0 Å². The molecule has 0 aromatic heterocycles. The number of fused-ring (bicyclic) bond motifs is 1. The van der Waals surface area contributed by atoms with Crippen molar-refractivity contribution >= 4 is 0 Å². The second kappa shape index (κ2) is 5.72. The Bertz CT molecular complexity index is 478. The van der Waals surface area contributed by atoms with Gasteiger partial charge in [-0.2, -0.15) is 0 Å². The number of nitrogens with zero attached hydrogens (tertiary/aromatic N) is 1. The summed E-state index contributed by atoms with van der Waals surface area (Å²) in [5.74, 6) is 0.883. The molecule has 2 aliphatic rings. The molecule has 0 aliphatic heterocycles. The largest absolute Gasteiger partial charge is 0.490 e. The van der Waals surface area contributed by atoms with Crippen LogP contribution in [-0.2, 0) is 12.8 Å². The van der Waals surface area contributed by atoms with Crippen molar-refractivity contribution in [2.45, 2.75) is 57.1 Å². The average molecular weight is 277 g/mol. The number of ether oxygens (including phenoxy) is 1. The molecule has 1 saturated carbocycles. The Morgan fingerprint density at radius 1 is 1.05 bits per heavy atom. The van der Waals surface area contributed by atoms with Crippen LogP contribution in [0, 0.1) is 5.82 Å². The Kier molecular flexibility index (Phi) is 3.97. The lowest BCUT2D eigenvalue weighted by molar-refractivity contribution is 0.110. The van der Waals surface area contributed by atoms with Gasteiger partial charge in [0.25, 0.3) is 0 Å². The molecule has 1 aromatic rings. The zero-order valence-electron chi connectivity index (χ0n) is 12.5. The van der Waals surface area contributed by atoms with Gasteiger partial charge in [-0.1, -0.05) is 0 Å². The van der Waals surface area contributed by atoms with Crippen LogP contribution in [0.1, 0.15) is 43.2 Å². The lowest BCUT2D eigenvalue weighted by Crippen LogP contribution is -2.35. The molecule has 1 fully saturated rings. The quantitative estimate of drug-likeness (QED) is 0.837. The van der Waals surface area contributed by atoms with Crippen LogP contribution in [0.15, 0.2) is 12.1 Å². The fourth-order valence-electron chi connectivity index (χ4n) is 3.60. The SMILES string of the molecule is CN(C)C1CCC(Oc2ccc(F)c3c2CCC3)CC1. The summed E-state index contributed by atoms with van der Waals surface area (Å²) < 4.78 is 19.9. The van der Waals surface area contributed by atoms with Crippen molar-refractivity contribution in [3.8, 4) is 5.75 Å². The molecule has 0 radical (unpaired) electrons. The smallest absolute Gasteiger partial charge is 0.126 e. The first kappa shape index (κ1) is 13.9. The van der Waals surface area contributed by atoms with E-state index in [-0.39, 0.29) is 5.82 Å². The Morgan fingerprint density at radius 2 is 1.75 bits per heavy atom. The normalized spacial score (nSPS) is 25.8. The Labute approximate surface area is 120 Å². The van der Waals surface area contributed by atoms with E-state index in [0.717, 1.165) is 49.0 Å². The topological polar surface area (TPSA) is 12.5 Å². The molecule has 3 rings (SSSR count). The number of rotatable bonds is 3. The van der Waals surface area contributed by atoms with E-state index in [1.165, 1.54) is 12.8 Å². The Balaban J connectivity index is 1.67. The predicted molar refractivity (Wildman–Crippen MR) is 78.8 cm³/mol. The van der Waals surface area contributed by atoms with E-state index in [4.69, 9.17) is 4.74 Å². The van der Waals surface area contributed by atoms with Crippen molar-refractivity contribution in [2.75, 3.05) is 14.1 Å². The van der Waals surface area contributed by atoms with Crippen LogP contribution in [0.5, 0.6) is 5.75 Å². The lowest BCUT2D eigenvalue weighted by Gasteiger charge is -2.33. The summed E-state index contributed by atoms with van der Waals surface area (Å²) in [6.45, 7) is 0. The zero-order valence-corrected chi connectivity index (χ0v) is 12.5. The van der Waals surface area contributed by atoms with E-state index in [9.17, 15) is 4.39 Å². The van der Waals surface area contributed by atoms with Crippen LogP contribution in [-0.4, -0.2) is 31.1 Å². The molecule has 0 spiro atoms. The summed E-state index contributed by atoms with van der Waals surface area (Å²) in [5, 5.41) is 0. The highest BCUT2D eigenvalue weighted by Gasteiger charge is 2.26. The predicted octanol–water partition coefficient (Wildman–Crippen LogP) is 3.57. The highest BCUT2D eigenvalue weighted by molar-refractivity contribution is 5.44. The third-order valence-electron chi connectivity index (χ3n) is 4.85. The maximum Gasteiger partial charge on any atom is 0.126 e. The minimum atomic E-state index is -0.0545. The lowest BCUT2D eigenvalue weighted by atomic mass is 9.92. The van der Waals surface area contributed by atoms with Gasteiger partial charge < -0.3 is 9.64 Å². The second-order valence-electron chi connectivity index (χ2n) is 6.37. The van der Waals surface area contributed by atoms with Gasteiger partial charge in [0.2, 0.25) is 0 Å². The highest BCUT2D eigenvalue weighted by atomic mass is 19.1. The number of hydrogen-bond donors (Lipinski definition) is 0. The summed E-state index contributed by atoms with van der Waals surface area (Å²) in [4.78, 5) is 2.31. The summed E-state index contributed by atoms with van der Waals surface area (Å²) >= 11 is 0. The first-order chi connectivity index (χ1) is 9.65. The third-order valence-corrected chi connectivity index (χ3v) is 4.85. The molecular weight excluding hydrogens is 253 g/mol. The number of benzene rings is 1. The third kappa shape index (κ3) is 2.69. The first-order valence-corrected chi connectivity index (χ1v) is 7.78. The molecule has 1 aromatic carbocycles. The van der Waals surface area contributed by atoms with E-state index in [1.807, 2.05) is 6.07 Å². The van der Waals surface area contributed by atoms with Crippen LogP contribution >= 0.6 is 0 Å². The molecular formula is C17H24FNO. The van der Waals surface area contributed by atoms with E-state index in [2.05, 4.69) is 19.0 Å². The van der Waals surface area contributed by atoms with Crippen molar-refractivity contribution in [3.63, 3.8) is 0 Å². The van der Waals surface area contributed by atoms with Gasteiger partial charge in [-0.15, -0.1) is 0 Å². The molecule has 2 nitrogen and oxygen atoms in total. The van der Waals surface area contributed by atoms with Crippen molar-refractivity contribution in [1.29, 1.82) is 0 Å². The minimum absolute atomic E-state index is 0.0545. The van der Waals surface area contributed by atoms with Crippen molar-refractivity contribution in [1.82, 2.24) is 4.90 Å². The minimum Gasteiger partial charge on any atom is -0.490 e. The van der Waals surface area contributed by atoms with Crippen LogP contribution in [0.4, 0.5) is 4.39 Å². The molecule has 0 saturated heterocycles. The van der Waals surface area contributed by atoms with E-state index in [0.29, 0.717) is 12.1 Å². The molecule has 20 heavy (non-hydrogen) atoms. The molecule has 2 aliphatic carbocycles. The van der Waals surface area contributed by atoms with Gasteiger partial charge in [0.1, 0.15) is 11.6 Å².